The van der Waals surface area contributed by atoms with Crippen LogP contribution in [-0.2, 0) is 10.1 Å². The molecule has 29 heavy (non-hydrogen) atoms. The Hall–Kier alpha value is -0.130. The maximum absolute atomic E-state index is 11.5. The van der Waals surface area contributed by atoms with Gasteiger partial charge in [0.05, 0.1) is 11.4 Å². The lowest BCUT2D eigenvalue weighted by atomic mass is 10.0. The highest BCUT2D eigenvalue weighted by atomic mass is 32.2. The van der Waals surface area contributed by atoms with Gasteiger partial charge >= 0.3 is 0 Å². The van der Waals surface area contributed by atoms with E-state index in [1.807, 2.05) is 0 Å². The van der Waals surface area contributed by atoms with Crippen LogP contribution in [0.25, 0.3) is 0 Å². The lowest BCUT2D eigenvalue weighted by Gasteiger charge is -2.13. The van der Waals surface area contributed by atoms with Crippen molar-refractivity contribution in [2.45, 2.75) is 154 Å². The van der Waals surface area contributed by atoms with Crippen LogP contribution >= 0.6 is 0 Å². The van der Waals surface area contributed by atoms with Crippen molar-refractivity contribution < 1.29 is 18.1 Å². The van der Waals surface area contributed by atoms with Crippen LogP contribution in [0, 0.1) is 0 Å². The Bertz CT molecular complexity index is 436. The lowest BCUT2D eigenvalue weighted by molar-refractivity contribution is 0.147. The van der Waals surface area contributed by atoms with Crippen LogP contribution in [-0.4, -0.2) is 29.4 Å². The maximum Gasteiger partial charge on any atom is 0.267 e. The monoisotopic (exact) mass is 434 g/mol. The van der Waals surface area contributed by atoms with E-state index in [0.29, 0.717) is 12.8 Å². The minimum atomic E-state index is -3.91. The van der Waals surface area contributed by atoms with E-state index in [1.54, 1.807) is 0 Å². The van der Waals surface area contributed by atoms with Gasteiger partial charge in [-0.2, -0.15) is 8.42 Å². The Balaban J connectivity index is 3.59. The molecule has 0 aromatic carbocycles. The van der Waals surface area contributed by atoms with Crippen molar-refractivity contribution in [2.24, 2.45) is 0 Å². The second-order valence-electron chi connectivity index (χ2n) is 8.90. The molecular formula is C24H50O4S. The highest BCUT2D eigenvalue weighted by Gasteiger charge is 2.21. The summed E-state index contributed by atoms with van der Waals surface area (Å²) in [6, 6.07) is 0. The fourth-order valence-corrected chi connectivity index (χ4v) is 4.93. The van der Waals surface area contributed by atoms with E-state index in [2.05, 4.69) is 13.8 Å². The van der Waals surface area contributed by atoms with Crippen LogP contribution in [0.2, 0.25) is 0 Å². The van der Waals surface area contributed by atoms with Crippen LogP contribution in [0.5, 0.6) is 0 Å². The highest BCUT2D eigenvalue weighted by molar-refractivity contribution is 7.86. The summed E-state index contributed by atoms with van der Waals surface area (Å²) in [5.74, 6) is 0. The Kier molecular flexibility index (Phi) is 19.7. The summed E-state index contributed by atoms with van der Waals surface area (Å²) in [7, 11) is -3.91. The second-order valence-corrected chi connectivity index (χ2v) is 10.6. The van der Waals surface area contributed by atoms with Crippen molar-refractivity contribution in [1.29, 1.82) is 0 Å². The molecular weight excluding hydrogens is 384 g/mol. The molecule has 0 rings (SSSR count). The number of hydrogen-bond acceptors (Lipinski definition) is 3. The molecule has 0 aliphatic rings. The number of hydrogen-bond donors (Lipinski definition) is 2. The molecule has 0 heterocycles. The highest BCUT2D eigenvalue weighted by Crippen LogP contribution is 2.19. The Morgan fingerprint density at radius 3 is 1.24 bits per heavy atom. The molecule has 0 spiro atoms. The Morgan fingerprint density at radius 2 is 0.862 bits per heavy atom. The summed E-state index contributed by atoms with van der Waals surface area (Å²) >= 11 is 0. The molecule has 2 unspecified atom stereocenters. The molecule has 0 aliphatic heterocycles. The van der Waals surface area contributed by atoms with E-state index in [-0.39, 0.29) is 6.10 Å². The first kappa shape index (κ1) is 28.9. The standard InChI is InChI=1S/C24H50O4S/c1-3-5-7-9-12-15-19-23(25)20-16-13-10-11-14-18-22-24(29(26,27)28)21-17-8-6-4-2/h23-25H,3-22H2,1-2H3,(H,26,27,28). The van der Waals surface area contributed by atoms with Crippen molar-refractivity contribution in [3.05, 3.63) is 0 Å². The predicted octanol–water partition coefficient (Wildman–Crippen LogP) is 7.45. The van der Waals surface area contributed by atoms with Gasteiger partial charge in [0.15, 0.2) is 0 Å². The van der Waals surface area contributed by atoms with Crippen molar-refractivity contribution in [1.82, 2.24) is 0 Å². The molecule has 0 aromatic heterocycles. The van der Waals surface area contributed by atoms with Crippen LogP contribution in [0.15, 0.2) is 0 Å². The van der Waals surface area contributed by atoms with Gasteiger partial charge in [-0.1, -0.05) is 117 Å². The first-order valence-corrected chi connectivity index (χ1v) is 14.1. The molecule has 4 nitrogen and oxygen atoms in total. The number of unbranched alkanes of at least 4 members (excludes halogenated alkanes) is 13. The summed E-state index contributed by atoms with van der Waals surface area (Å²) < 4.78 is 32.5. The molecule has 0 saturated heterocycles. The Labute approximate surface area is 182 Å². The molecule has 0 saturated carbocycles. The first-order valence-electron chi connectivity index (χ1n) is 12.6. The second kappa shape index (κ2) is 19.8. The van der Waals surface area contributed by atoms with Crippen LogP contribution in [0.1, 0.15) is 142 Å². The van der Waals surface area contributed by atoms with Crippen LogP contribution < -0.4 is 0 Å². The van der Waals surface area contributed by atoms with Crippen LogP contribution in [0.4, 0.5) is 0 Å². The molecule has 0 bridgehead atoms. The third-order valence-electron chi connectivity index (χ3n) is 6.01. The molecule has 0 aromatic rings. The summed E-state index contributed by atoms with van der Waals surface area (Å²) in [4.78, 5) is 0. The molecule has 0 aliphatic carbocycles. The zero-order valence-electron chi connectivity index (χ0n) is 19.4. The average molecular weight is 435 g/mol. The molecule has 2 atom stereocenters. The minimum absolute atomic E-state index is 0.135. The van der Waals surface area contributed by atoms with Crippen molar-refractivity contribution >= 4 is 10.1 Å². The third-order valence-corrected chi connectivity index (χ3v) is 7.32. The van der Waals surface area contributed by atoms with Gasteiger partial charge < -0.3 is 5.11 Å². The summed E-state index contributed by atoms with van der Waals surface area (Å²) in [6.07, 6.45) is 21.1. The van der Waals surface area contributed by atoms with Crippen molar-refractivity contribution in [3.63, 3.8) is 0 Å². The van der Waals surface area contributed by atoms with Gasteiger partial charge in [0.25, 0.3) is 10.1 Å². The van der Waals surface area contributed by atoms with Gasteiger partial charge in [-0.05, 0) is 25.7 Å². The summed E-state index contributed by atoms with van der Waals surface area (Å²) in [5.41, 5.74) is 0. The molecule has 0 radical (unpaired) electrons. The zero-order chi connectivity index (χ0) is 21.8. The van der Waals surface area contributed by atoms with E-state index in [0.717, 1.165) is 83.5 Å². The molecule has 0 fully saturated rings. The van der Waals surface area contributed by atoms with E-state index in [1.165, 1.54) is 32.1 Å². The average Bonchev–Trinajstić information content (AvgIpc) is 2.67. The third kappa shape index (κ3) is 19.6. The number of rotatable bonds is 22. The predicted molar refractivity (Wildman–Crippen MR) is 125 cm³/mol. The van der Waals surface area contributed by atoms with Crippen molar-refractivity contribution in [2.75, 3.05) is 0 Å². The molecule has 0 amide bonds. The number of aliphatic hydroxyl groups excluding tert-OH is 1. The topological polar surface area (TPSA) is 74.6 Å². The Morgan fingerprint density at radius 1 is 0.552 bits per heavy atom. The fraction of sp³-hybridized carbons (Fsp3) is 1.00. The lowest BCUT2D eigenvalue weighted by Crippen LogP contribution is -2.20. The quantitative estimate of drug-likeness (QED) is 0.137. The normalized spacial score (nSPS) is 14.2. The van der Waals surface area contributed by atoms with Gasteiger partial charge in [0, 0.05) is 0 Å². The molecule has 176 valence electrons. The van der Waals surface area contributed by atoms with Gasteiger partial charge in [0.2, 0.25) is 0 Å². The number of aliphatic hydroxyl groups is 1. The summed E-state index contributed by atoms with van der Waals surface area (Å²) in [6.45, 7) is 4.37. The van der Waals surface area contributed by atoms with Gasteiger partial charge in [-0.3, -0.25) is 4.55 Å². The first-order chi connectivity index (χ1) is 13.9. The molecule has 2 N–H and O–H groups in total. The van der Waals surface area contributed by atoms with Gasteiger partial charge in [0.1, 0.15) is 0 Å². The SMILES string of the molecule is CCCCCCCCC(O)CCCCCCCCC(CCCCCC)S(=O)(=O)O. The largest absolute Gasteiger partial charge is 0.393 e. The van der Waals surface area contributed by atoms with Crippen LogP contribution in [0.3, 0.4) is 0 Å². The van der Waals surface area contributed by atoms with E-state index < -0.39 is 15.4 Å². The fourth-order valence-electron chi connectivity index (χ4n) is 4.00. The smallest absolute Gasteiger partial charge is 0.267 e. The maximum atomic E-state index is 11.5. The van der Waals surface area contributed by atoms with E-state index in [9.17, 15) is 18.1 Å². The molecule has 5 heteroatoms. The minimum Gasteiger partial charge on any atom is -0.393 e. The van der Waals surface area contributed by atoms with E-state index >= 15 is 0 Å². The van der Waals surface area contributed by atoms with E-state index in [4.69, 9.17) is 0 Å². The zero-order valence-corrected chi connectivity index (χ0v) is 20.2. The van der Waals surface area contributed by atoms with Gasteiger partial charge in [-0.15, -0.1) is 0 Å². The van der Waals surface area contributed by atoms with Crippen molar-refractivity contribution in [3.8, 4) is 0 Å². The summed E-state index contributed by atoms with van der Waals surface area (Å²) in [5, 5.41) is 9.48. The van der Waals surface area contributed by atoms with Gasteiger partial charge in [-0.25, -0.2) is 0 Å².